The molecule has 15 heavy (non-hydrogen) atoms. The Morgan fingerprint density at radius 1 is 1.60 bits per heavy atom. The maximum absolute atomic E-state index is 10.8. The van der Waals surface area contributed by atoms with Gasteiger partial charge in [0.2, 0.25) is 5.76 Å². The molecule has 0 spiro atoms. The van der Waals surface area contributed by atoms with Gasteiger partial charge in [0, 0.05) is 17.6 Å². The highest BCUT2D eigenvalue weighted by Gasteiger charge is 2.18. The summed E-state index contributed by atoms with van der Waals surface area (Å²) in [4.78, 5) is 10.8. The van der Waals surface area contributed by atoms with Crippen LogP contribution in [0.15, 0.2) is 16.7 Å². The predicted octanol–water partition coefficient (Wildman–Crippen LogP) is 2.26. The molecule has 0 amide bonds. The second kappa shape index (κ2) is 4.49. The summed E-state index contributed by atoms with van der Waals surface area (Å²) in [6, 6.07) is 1.68. The fourth-order valence-electron chi connectivity index (χ4n) is 1.12. The van der Waals surface area contributed by atoms with Crippen molar-refractivity contribution in [1.29, 1.82) is 0 Å². The first-order valence-corrected chi connectivity index (χ1v) is 5.01. The molecular weight excluding hydrogens is 194 g/mol. The van der Waals surface area contributed by atoms with Crippen molar-refractivity contribution in [2.75, 3.05) is 0 Å². The zero-order valence-electron chi connectivity index (χ0n) is 9.33. The minimum Gasteiger partial charge on any atom is -0.475 e. The monoisotopic (exact) mass is 211 g/mol. The topological polar surface area (TPSA) is 62.5 Å². The molecule has 1 aromatic rings. The van der Waals surface area contributed by atoms with Gasteiger partial charge in [0.1, 0.15) is 0 Å². The van der Waals surface area contributed by atoms with Crippen molar-refractivity contribution in [1.82, 2.24) is 5.32 Å². The van der Waals surface area contributed by atoms with E-state index in [4.69, 9.17) is 9.52 Å². The molecule has 0 atom stereocenters. The minimum absolute atomic E-state index is 0.00699. The molecule has 4 nitrogen and oxygen atoms in total. The summed E-state index contributed by atoms with van der Waals surface area (Å²) in [5.74, 6) is -1.000. The Bertz CT molecular complexity index is 341. The Balaban J connectivity index is 2.65. The van der Waals surface area contributed by atoms with Gasteiger partial charge in [-0.1, -0.05) is 6.92 Å². The first-order valence-electron chi connectivity index (χ1n) is 5.01. The lowest BCUT2D eigenvalue weighted by Gasteiger charge is -2.24. The van der Waals surface area contributed by atoms with Crippen LogP contribution in [-0.4, -0.2) is 16.6 Å². The van der Waals surface area contributed by atoms with Gasteiger partial charge in [0.05, 0.1) is 6.26 Å². The third-order valence-electron chi connectivity index (χ3n) is 2.58. The van der Waals surface area contributed by atoms with Crippen molar-refractivity contribution < 1.29 is 14.3 Å². The zero-order chi connectivity index (χ0) is 11.5. The summed E-state index contributed by atoms with van der Waals surface area (Å²) in [7, 11) is 0. The van der Waals surface area contributed by atoms with Gasteiger partial charge in [0.25, 0.3) is 0 Å². The molecule has 0 aliphatic rings. The summed E-state index contributed by atoms with van der Waals surface area (Å²) in [5, 5.41) is 12.1. The summed E-state index contributed by atoms with van der Waals surface area (Å²) >= 11 is 0. The number of furan rings is 1. The molecule has 1 rings (SSSR count). The van der Waals surface area contributed by atoms with E-state index in [0.717, 1.165) is 6.42 Å². The summed E-state index contributed by atoms with van der Waals surface area (Å²) in [5.41, 5.74) is 0.691. The van der Waals surface area contributed by atoms with Crippen LogP contribution in [0.4, 0.5) is 0 Å². The molecular formula is C11H17NO3. The molecule has 0 aromatic carbocycles. The molecule has 1 aromatic heterocycles. The first kappa shape index (κ1) is 11.8. The van der Waals surface area contributed by atoms with Gasteiger partial charge in [0.15, 0.2) is 0 Å². The van der Waals surface area contributed by atoms with Crippen LogP contribution >= 0.6 is 0 Å². The minimum atomic E-state index is -1.02. The van der Waals surface area contributed by atoms with Gasteiger partial charge in [-0.05, 0) is 26.3 Å². The molecule has 4 heteroatoms. The number of carbonyl (C=O) groups is 1. The molecule has 0 aliphatic heterocycles. The Hall–Kier alpha value is -1.29. The number of hydrogen-bond donors (Lipinski definition) is 2. The van der Waals surface area contributed by atoms with E-state index in [0.29, 0.717) is 12.1 Å². The summed E-state index contributed by atoms with van der Waals surface area (Å²) in [6.07, 6.45) is 2.38. The molecule has 0 bridgehead atoms. The Morgan fingerprint density at radius 3 is 2.80 bits per heavy atom. The first-order chi connectivity index (χ1) is 6.96. The zero-order valence-corrected chi connectivity index (χ0v) is 9.33. The lowest BCUT2D eigenvalue weighted by atomic mass is 10.0. The van der Waals surface area contributed by atoms with Gasteiger partial charge in [-0.15, -0.1) is 0 Å². The number of nitrogens with one attached hydrogen (secondary N) is 1. The van der Waals surface area contributed by atoms with Gasteiger partial charge in [-0.2, -0.15) is 0 Å². The molecule has 84 valence electrons. The number of aromatic carboxylic acids is 1. The van der Waals surface area contributed by atoms with Crippen molar-refractivity contribution in [2.45, 2.75) is 39.3 Å². The largest absolute Gasteiger partial charge is 0.475 e. The van der Waals surface area contributed by atoms with Crippen molar-refractivity contribution in [3.05, 3.63) is 23.7 Å². The molecule has 0 fully saturated rings. The van der Waals surface area contributed by atoms with E-state index in [2.05, 4.69) is 26.1 Å². The summed E-state index contributed by atoms with van der Waals surface area (Å²) in [6.45, 7) is 6.75. The molecule has 0 saturated carbocycles. The van der Waals surface area contributed by atoms with Crippen LogP contribution in [0.25, 0.3) is 0 Å². The average molecular weight is 211 g/mol. The Morgan fingerprint density at radius 2 is 2.27 bits per heavy atom. The number of carboxylic acids is 1. The van der Waals surface area contributed by atoms with Crippen LogP contribution in [-0.2, 0) is 6.54 Å². The maximum atomic E-state index is 10.8. The fourth-order valence-corrected chi connectivity index (χ4v) is 1.12. The highest BCUT2D eigenvalue weighted by Crippen LogP contribution is 2.13. The summed E-state index contributed by atoms with van der Waals surface area (Å²) < 4.78 is 4.89. The van der Waals surface area contributed by atoms with E-state index in [1.807, 2.05) is 0 Å². The van der Waals surface area contributed by atoms with Crippen LogP contribution in [0.3, 0.4) is 0 Å². The van der Waals surface area contributed by atoms with Crippen LogP contribution in [0.5, 0.6) is 0 Å². The van der Waals surface area contributed by atoms with Crippen LogP contribution in [0.1, 0.15) is 43.3 Å². The average Bonchev–Trinajstić information content (AvgIpc) is 2.63. The van der Waals surface area contributed by atoms with Crippen LogP contribution < -0.4 is 5.32 Å². The molecule has 0 radical (unpaired) electrons. The normalized spacial score (nSPS) is 11.7. The van der Waals surface area contributed by atoms with E-state index in [1.165, 1.54) is 6.26 Å². The van der Waals surface area contributed by atoms with E-state index >= 15 is 0 Å². The third kappa shape index (κ3) is 3.09. The highest BCUT2D eigenvalue weighted by atomic mass is 16.4. The van der Waals surface area contributed by atoms with E-state index in [9.17, 15) is 4.79 Å². The lowest BCUT2D eigenvalue weighted by Crippen LogP contribution is -2.38. The van der Waals surface area contributed by atoms with Gasteiger partial charge < -0.3 is 14.8 Å². The standard InChI is InChI=1S/C11H17NO3/c1-4-11(2,3)12-7-8-5-6-15-9(8)10(13)14/h5-6,12H,4,7H2,1-3H3,(H,13,14). The molecule has 0 aliphatic carbocycles. The van der Waals surface area contributed by atoms with Crippen LogP contribution in [0.2, 0.25) is 0 Å². The van der Waals surface area contributed by atoms with E-state index in [1.54, 1.807) is 6.07 Å². The van der Waals surface area contributed by atoms with Gasteiger partial charge in [-0.3, -0.25) is 0 Å². The second-order valence-corrected chi connectivity index (χ2v) is 4.17. The van der Waals surface area contributed by atoms with Gasteiger partial charge >= 0.3 is 5.97 Å². The number of rotatable bonds is 5. The van der Waals surface area contributed by atoms with E-state index < -0.39 is 5.97 Å². The molecule has 1 heterocycles. The Labute approximate surface area is 89.3 Å². The van der Waals surface area contributed by atoms with Crippen molar-refractivity contribution >= 4 is 5.97 Å². The maximum Gasteiger partial charge on any atom is 0.372 e. The lowest BCUT2D eigenvalue weighted by molar-refractivity contribution is 0.0660. The van der Waals surface area contributed by atoms with Crippen molar-refractivity contribution in [3.63, 3.8) is 0 Å². The third-order valence-corrected chi connectivity index (χ3v) is 2.58. The smallest absolute Gasteiger partial charge is 0.372 e. The fraction of sp³-hybridized carbons (Fsp3) is 0.545. The highest BCUT2D eigenvalue weighted by molar-refractivity contribution is 5.86. The molecule has 2 N–H and O–H groups in total. The van der Waals surface area contributed by atoms with Crippen molar-refractivity contribution in [3.8, 4) is 0 Å². The van der Waals surface area contributed by atoms with Crippen LogP contribution in [0, 0.1) is 0 Å². The second-order valence-electron chi connectivity index (χ2n) is 4.17. The Kier molecular flexibility index (Phi) is 3.52. The quantitative estimate of drug-likeness (QED) is 0.784. The number of carboxylic acid groups (broad SMARTS) is 1. The predicted molar refractivity (Wildman–Crippen MR) is 56.9 cm³/mol. The molecule has 0 unspecified atom stereocenters. The SMILES string of the molecule is CCC(C)(C)NCc1ccoc1C(=O)O. The van der Waals surface area contributed by atoms with E-state index in [-0.39, 0.29) is 11.3 Å². The van der Waals surface area contributed by atoms with Gasteiger partial charge in [-0.25, -0.2) is 4.79 Å². The van der Waals surface area contributed by atoms with Crippen molar-refractivity contribution in [2.24, 2.45) is 0 Å². The molecule has 0 saturated heterocycles. The number of hydrogen-bond acceptors (Lipinski definition) is 3.